The van der Waals surface area contributed by atoms with Gasteiger partial charge in [0.1, 0.15) is 23.5 Å². The predicted molar refractivity (Wildman–Crippen MR) is 139 cm³/mol. The number of amides is 1. The minimum absolute atomic E-state index is 0.00405. The number of carbonyl (C=O) groups is 1. The van der Waals surface area contributed by atoms with Gasteiger partial charge in [0.15, 0.2) is 0 Å². The number of carbonyl (C=O) groups excluding carboxylic acids is 1. The van der Waals surface area contributed by atoms with E-state index in [1.54, 1.807) is 18.2 Å². The molecule has 6 heteroatoms. The van der Waals surface area contributed by atoms with Crippen molar-refractivity contribution >= 4 is 16.9 Å². The Morgan fingerprint density at radius 3 is 2.57 bits per heavy atom. The van der Waals surface area contributed by atoms with Crippen LogP contribution >= 0.6 is 0 Å². The van der Waals surface area contributed by atoms with Gasteiger partial charge >= 0.3 is 5.63 Å². The van der Waals surface area contributed by atoms with Crippen molar-refractivity contribution in [2.45, 2.75) is 20.0 Å². The molecule has 3 aromatic carbocycles. The fraction of sp³-hybridized carbons (Fsp3) is 0.241. The Balaban J connectivity index is 1.47. The van der Waals surface area contributed by atoms with E-state index in [-0.39, 0.29) is 5.56 Å². The van der Waals surface area contributed by atoms with E-state index in [1.807, 2.05) is 55.4 Å². The highest BCUT2D eigenvalue weighted by molar-refractivity contribution is 5.96. The first-order valence-corrected chi connectivity index (χ1v) is 11.7. The van der Waals surface area contributed by atoms with Crippen LogP contribution in [0.2, 0.25) is 0 Å². The van der Waals surface area contributed by atoms with E-state index in [2.05, 4.69) is 30.4 Å². The molecule has 0 bridgehead atoms. The van der Waals surface area contributed by atoms with Crippen molar-refractivity contribution < 1.29 is 13.9 Å². The lowest BCUT2D eigenvalue weighted by Crippen LogP contribution is -2.30. The molecule has 1 N–H and O–H groups in total. The molecular weight excluding hydrogens is 440 g/mol. The Hall–Kier alpha value is -3.90. The van der Waals surface area contributed by atoms with E-state index in [4.69, 9.17) is 9.15 Å². The van der Waals surface area contributed by atoms with Crippen LogP contribution in [0, 0.1) is 6.92 Å². The van der Waals surface area contributed by atoms with Crippen molar-refractivity contribution in [2.24, 2.45) is 0 Å². The molecule has 1 amide bonds. The van der Waals surface area contributed by atoms with Gasteiger partial charge in [-0.15, -0.1) is 0 Å². The van der Waals surface area contributed by atoms with Crippen LogP contribution in [0.5, 0.6) is 5.75 Å². The highest BCUT2D eigenvalue weighted by atomic mass is 16.5. The van der Waals surface area contributed by atoms with Gasteiger partial charge in [0.2, 0.25) is 0 Å². The molecule has 180 valence electrons. The van der Waals surface area contributed by atoms with Gasteiger partial charge in [0.25, 0.3) is 5.91 Å². The summed E-state index contributed by atoms with van der Waals surface area (Å²) in [6, 6.07) is 23.3. The number of nitrogens with zero attached hydrogens (tertiary/aromatic N) is 1. The third-order valence-electron chi connectivity index (χ3n) is 5.94. The second kappa shape index (κ2) is 11.0. The van der Waals surface area contributed by atoms with Crippen molar-refractivity contribution in [3.63, 3.8) is 0 Å². The average Bonchev–Trinajstić information content (AvgIpc) is 2.85. The van der Waals surface area contributed by atoms with Gasteiger partial charge in [-0.2, -0.15) is 0 Å². The number of rotatable bonds is 9. The second-order valence-electron chi connectivity index (χ2n) is 8.80. The van der Waals surface area contributed by atoms with Gasteiger partial charge in [-0.1, -0.05) is 48.5 Å². The highest BCUT2D eigenvalue weighted by Crippen LogP contribution is 2.27. The number of fused-ring (bicyclic) bond motifs is 1. The van der Waals surface area contributed by atoms with Crippen LogP contribution in [0.3, 0.4) is 0 Å². The molecule has 0 atom stereocenters. The molecule has 1 aromatic heterocycles. The molecule has 6 nitrogen and oxygen atoms in total. The summed E-state index contributed by atoms with van der Waals surface area (Å²) >= 11 is 0. The van der Waals surface area contributed by atoms with E-state index >= 15 is 0 Å². The van der Waals surface area contributed by atoms with Gasteiger partial charge in [-0.05, 0) is 74.4 Å². The van der Waals surface area contributed by atoms with E-state index in [1.165, 1.54) is 5.56 Å². The van der Waals surface area contributed by atoms with Gasteiger partial charge in [0, 0.05) is 18.0 Å². The lowest BCUT2D eigenvalue weighted by atomic mass is 9.97. The maximum atomic E-state index is 12.4. The SMILES string of the molecule is Cc1c(COc2ccc3cc(C(=O)NCCCN(C)C)c(=O)oc3c2)cccc1-c1ccccc1. The van der Waals surface area contributed by atoms with Crippen molar-refractivity contribution in [1.82, 2.24) is 10.2 Å². The molecule has 4 rings (SSSR count). The molecule has 0 saturated heterocycles. The van der Waals surface area contributed by atoms with Crippen LogP contribution in [0.1, 0.15) is 27.9 Å². The van der Waals surface area contributed by atoms with Crippen LogP contribution in [0.25, 0.3) is 22.1 Å². The molecule has 0 aliphatic rings. The Morgan fingerprint density at radius 2 is 1.80 bits per heavy atom. The zero-order valence-corrected chi connectivity index (χ0v) is 20.3. The van der Waals surface area contributed by atoms with E-state index < -0.39 is 11.5 Å². The van der Waals surface area contributed by atoms with Crippen molar-refractivity contribution in [2.75, 3.05) is 27.2 Å². The monoisotopic (exact) mass is 470 g/mol. The fourth-order valence-corrected chi connectivity index (χ4v) is 3.96. The Morgan fingerprint density at radius 1 is 1.00 bits per heavy atom. The van der Waals surface area contributed by atoms with Gasteiger partial charge < -0.3 is 19.4 Å². The normalized spacial score (nSPS) is 11.1. The number of hydrogen-bond donors (Lipinski definition) is 1. The second-order valence-corrected chi connectivity index (χ2v) is 8.80. The zero-order valence-electron chi connectivity index (χ0n) is 20.3. The summed E-state index contributed by atoms with van der Waals surface area (Å²) < 4.78 is 11.5. The molecule has 0 fully saturated rings. The summed E-state index contributed by atoms with van der Waals surface area (Å²) in [5.41, 5.74) is 4.30. The third-order valence-corrected chi connectivity index (χ3v) is 5.94. The third kappa shape index (κ3) is 5.97. The molecule has 0 radical (unpaired) electrons. The maximum Gasteiger partial charge on any atom is 0.349 e. The number of ether oxygens (including phenoxy) is 1. The molecular formula is C29H30N2O4. The van der Waals surface area contributed by atoms with Gasteiger partial charge in [-0.3, -0.25) is 4.79 Å². The minimum atomic E-state index is -0.661. The lowest BCUT2D eigenvalue weighted by molar-refractivity contribution is 0.0949. The quantitative estimate of drug-likeness (QED) is 0.274. The summed E-state index contributed by atoms with van der Waals surface area (Å²) in [6.45, 7) is 3.82. The van der Waals surface area contributed by atoms with Crippen molar-refractivity contribution in [3.05, 3.63) is 99.9 Å². The fourth-order valence-electron chi connectivity index (χ4n) is 3.96. The molecule has 1 heterocycles. The first kappa shape index (κ1) is 24.2. The average molecular weight is 471 g/mol. The predicted octanol–water partition coefficient (Wildman–Crippen LogP) is 5.03. The van der Waals surface area contributed by atoms with E-state index in [9.17, 15) is 9.59 Å². The first-order chi connectivity index (χ1) is 16.9. The Bertz CT molecular complexity index is 1380. The maximum absolute atomic E-state index is 12.4. The molecule has 0 aliphatic heterocycles. The largest absolute Gasteiger partial charge is 0.489 e. The van der Waals surface area contributed by atoms with Crippen LogP contribution < -0.4 is 15.7 Å². The smallest absolute Gasteiger partial charge is 0.349 e. The molecule has 0 aliphatic carbocycles. The molecule has 35 heavy (non-hydrogen) atoms. The van der Waals surface area contributed by atoms with Crippen LogP contribution in [0.15, 0.2) is 82.0 Å². The van der Waals surface area contributed by atoms with Crippen LogP contribution in [-0.4, -0.2) is 38.0 Å². The molecule has 0 unspecified atom stereocenters. The summed E-state index contributed by atoms with van der Waals surface area (Å²) in [5.74, 6) is 0.166. The topological polar surface area (TPSA) is 71.8 Å². The minimum Gasteiger partial charge on any atom is -0.489 e. The van der Waals surface area contributed by atoms with Crippen LogP contribution in [-0.2, 0) is 6.61 Å². The Kier molecular flexibility index (Phi) is 7.63. The summed E-state index contributed by atoms with van der Waals surface area (Å²) in [6.07, 6.45) is 0.798. The van der Waals surface area contributed by atoms with Crippen molar-refractivity contribution in [3.8, 4) is 16.9 Å². The van der Waals surface area contributed by atoms with E-state index in [0.717, 1.165) is 29.7 Å². The van der Waals surface area contributed by atoms with Crippen molar-refractivity contribution in [1.29, 1.82) is 0 Å². The molecule has 0 saturated carbocycles. The molecule has 0 spiro atoms. The zero-order chi connectivity index (χ0) is 24.8. The van der Waals surface area contributed by atoms with Gasteiger partial charge in [0.05, 0.1) is 0 Å². The number of nitrogens with one attached hydrogen (secondary N) is 1. The van der Waals surface area contributed by atoms with Crippen LogP contribution in [0.4, 0.5) is 0 Å². The highest BCUT2D eigenvalue weighted by Gasteiger charge is 2.14. The summed E-state index contributed by atoms with van der Waals surface area (Å²) in [7, 11) is 3.95. The number of benzene rings is 3. The lowest BCUT2D eigenvalue weighted by Gasteiger charge is -2.13. The summed E-state index contributed by atoms with van der Waals surface area (Å²) in [5, 5.41) is 3.45. The first-order valence-electron chi connectivity index (χ1n) is 11.7. The Labute approximate surface area is 205 Å². The standard InChI is InChI=1S/C29H30N2O4/c1-20-23(11-7-12-25(20)21-9-5-4-6-10-21)19-34-24-14-13-22-17-26(29(33)35-27(22)18-24)28(32)30-15-8-16-31(2)3/h4-7,9-14,17-18H,8,15-16,19H2,1-3H3,(H,30,32). The van der Waals surface area contributed by atoms with E-state index in [0.29, 0.717) is 29.9 Å². The summed E-state index contributed by atoms with van der Waals surface area (Å²) in [4.78, 5) is 26.9. The van der Waals surface area contributed by atoms with Gasteiger partial charge in [-0.25, -0.2) is 4.79 Å². The molecule has 4 aromatic rings. The number of hydrogen-bond acceptors (Lipinski definition) is 5.